The van der Waals surface area contributed by atoms with E-state index < -0.39 is 0 Å². The summed E-state index contributed by atoms with van der Waals surface area (Å²) < 4.78 is 10.8. The van der Waals surface area contributed by atoms with Gasteiger partial charge in [-0.05, 0) is 36.8 Å². The summed E-state index contributed by atoms with van der Waals surface area (Å²) in [7, 11) is 0. The zero-order valence-corrected chi connectivity index (χ0v) is 17.8. The topological polar surface area (TPSA) is 62.3 Å². The zero-order chi connectivity index (χ0) is 21.4. The molecule has 0 unspecified atom stereocenters. The van der Waals surface area contributed by atoms with Crippen molar-refractivity contribution in [2.75, 3.05) is 44.4 Å². The third kappa shape index (κ3) is 4.10. The second-order valence-electron chi connectivity index (χ2n) is 8.53. The van der Waals surface area contributed by atoms with Gasteiger partial charge in [0.25, 0.3) is 0 Å². The van der Waals surface area contributed by atoms with Crippen molar-refractivity contribution in [3.8, 4) is 11.5 Å². The first kappa shape index (κ1) is 19.9. The minimum atomic E-state index is -0.255. The average Bonchev–Trinajstić information content (AvgIpc) is 3.40. The Labute approximate surface area is 182 Å². The largest absolute Gasteiger partial charge is 0.454 e. The number of nitrogens with zero attached hydrogens (tertiary/aromatic N) is 3. The SMILES string of the molecule is Cc1ccc(N2C[C@H](C(=O)N3CCN(Cc4ccc5c(c4)OCO5)CC3)CC2=O)cc1. The molecular formula is C24H27N3O4. The van der Waals surface area contributed by atoms with Crippen molar-refractivity contribution < 1.29 is 19.1 Å². The van der Waals surface area contributed by atoms with E-state index in [4.69, 9.17) is 9.47 Å². The molecule has 162 valence electrons. The lowest BCUT2D eigenvalue weighted by Crippen LogP contribution is -2.50. The van der Waals surface area contributed by atoms with Crippen molar-refractivity contribution in [2.45, 2.75) is 19.9 Å². The zero-order valence-electron chi connectivity index (χ0n) is 17.8. The maximum atomic E-state index is 13.1. The molecule has 0 saturated carbocycles. The molecule has 3 aliphatic rings. The molecule has 2 saturated heterocycles. The van der Waals surface area contributed by atoms with Crippen molar-refractivity contribution in [2.24, 2.45) is 5.92 Å². The molecule has 7 nitrogen and oxygen atoms in total. The van der Waals surface area contributed by atoms with Gasteiger partial charge in [0.1, 0.15) is 0 Å². The third-order valence-corrected chi connectivity index (χ3v) is 6.35. The van der Waals surface area contributed by atoms with E-state index in [2.05, 4.69) is 11.0 Å². The van der Waals surface area contributed by atoms with Crippen LogP contribution in [0.15, 0.2) is 42.5 Å². The molecule has 2 fully saturated rings. The van der Waals surface area contributed by atoms with Gasteiger partial charge < -0.3 is 19.3 Å². The van der Waals surface area contributed by atoms with E-state index >= 15 is 0 Å². The van der Waals surface area contributed by atoms with Gasteiger partial charge in [-0.25, -0.2) is 0 Å². The number of hydrogen-bond acceptors (Lipinski definition) is 5. The lowest BCUT2D eigenvalue weighted by molar-refractivity contribution is -0.137. The summed E-state index contributed by atoms with van der Waals surface area (Å²) in [5, 5.41) is 0. The number of piperazine rings is 1. The van der Waals surface area contributed by atoms with Crippen molar-refractivity contribution in [3.63, 3.8) is 0 Å². The minimum absolute atomic E-state index is 0.0312. The van der Waals surface area contributed by atoms with Gasteiger partial charge in [-0.3, -0.25) is 14.5 Å². The number of carbonyl (C=O) groups is 2. The summed E-state index contributed by atoms with van der Waals surface area (Å²) in [6, 6.07) is 13.9. The van der Waals surface area contributed by atoms with Crippen LogP contribution in [0.1, 0.15) is 17.5 Å². The summed E-state index contributed by atoms with van der Waals surface area (Å²) in [4.78, 5) is 31.6. The van der Waals surface area contributed by atoms with Crippen molar-refractivity contribution >= 4 is 17.5 Å². The Morgan fingerprint density at radius 2 is 1.74 bits per heavy atom. The Morgan fingerprint density at radius 3 is 2.52 bits per heavy atom. The molecular weight excluding hydrogens is 394 g/mol. The summed E-state index contributed by atoms with van der Waals surface area (Å²) in [5.74, 6) is 1.48. The molecule has 5 rings (SSSR count). The monoisotopic (exact) mass is 421 g/mol. The van der Waals surface area contributed by atoms with Gasteiger partial charge in [-0.15, -0.1) is 0 Å². The maximum absolute atomic E-state index is 13.1. The molecule has 0 aromatic heterocycles. The molecule has 0 bridgehead atoms. The molecule has 3 heterocycles. The van der Waals surface area contributed by atoms with Crippen LogP contribution >= 0.6 is 0 Å². The van der Waals surface area contributed by atoms with Crippen LogP contribution in [0.5, 0.6) is 11.5 Å². The predicted molar refractivity (Wildman–Crippen MR) is 116 cm³/mol. The number of benzene rings is 2. The van der Waals surface area contributed by atoms with Gasteiger partial charge in [-0.2, -0.15) is 0 Å². The summed E-state index contributed by atoms with van der Waals surface area (Å²) in [6.07, 6.45) is 0.296. The van der Waals surface area contributed by atoms with E-state index in [0.717, 1.165) is 42.4 Å². The number of ether oxygens (including phenoxy) is 2. The number of anilines is 1. The predicted octanol–water partition coefficient (Wildman–Crippen LogP) is 2.42. The number of fused-ring (bicyclic) bond motifs is 1. The van der Waals surface area contributed by atoms with Gasteiger partial charge in [0.15, 0.2) is 11.5 Å². The fourth-order valence-electron chi connectivity index (χ4n) is 4.53. The highest BCUT2D eigenvalue weighted by Gasteiger charge is 2.37. The number of hydrogen-bond donors (Lipinski definition) is 0. The van der Waals surface area contributed by atoms with Gasteiger partial charge in [-0.1, -0.05) is 23.8 Å². The lowest BCUT2D eigenvalue weighted by Gasteiger charge is -2.36. The first-order valence-corrected chi connectivity index (χ1v) is 10.8. The molecule has 2 amide bonds. The highest BCUT2D eigenvalue weighted by molar-refractivity contribution is 6.00. The van der Waals surface area contributed by atoms with Gasteiger partial charge >= 0.3 is 0 Å². The Balaban J connectivity index is 1.15. The van der Waals surface area contributed by atoms with Gasteiger partial charge in [0, 0.05) is 51.4 Å². The van der Waals surface area contributed by atoms with E-state index in [1.54, 1.807) is 4.90 Å². The van der Waals surface area contributed by atoms with Crippen LogP contribution in [0.2, 0.25) is 0 Å². The summed E-state index contributed by atoms with van der Waals surface area (Å²) in [5.41, 5.74) is 3.21. The number of amides is 2. The third-order valence-electron chi connectivity index (χ3n) is 6.35. The van der Waals surface area contributed by atoms with E-state index in [1.165, 1.54) is 5.56 Å². The maximum Gasteiger partial charge on any atom is 0.231 e. The Bertz CT molecular complexity index is 983. The van der Waals surface area contributed by atoms with Crippen LogP contribution in [0.3, 0.4) is 0 Å². The summed E-state index contributed by atoms with van der Waals surface area (Å²) in [6.45, 7) is 6.63. The highest BCUT2D eigenvalue weighted by Crippen LogP contribution is 2.33. The van der Waals surface area contributed by atoms with Gasteiger partial charge in [0.05, 0.1) is 5.92 Å². The van der Waals surface area contributed by atoms with Crippen LogP contribution in [-0.4, -0.2) is 61.1 Å². The van der Waals surface area contributed by atoms with E-state index in [1.807, 2.05) is 48.2 Å². The molecule has 0 spiro atoms. The van der Waals surface area contributed by atoms with Crippen molar-refractivity contribution in [3.05, 3.63) is 53.6 Å². The minimum Gasteiger partial charge on any atom is -0.454 e. The van der Waals surface area contributed by atoms with Crippen LogP contribution in [-0.2, 0) is 16.1 Å². The van der Waals surface area contributed by atoms with Gasteiger partial charge in [0.2, 0.25) is 18.6 Å². The molecule has 1 atom stereocenters. The normalized spacial score (nSPS) is 21.1. The van der Waals surface area contributed by atoms with Crippen LogP contribution in [0.25, 0.3) is 0 Å². The molecule has 7 heteroatoms. The molecule has 0 N–H and O–H groups in total. The number of aryl methyl sites for hydroxylation is 1. The number of carbonyl (C=O) groups excluding carboxylic acids is 2. The molecule has 2 aromatic rings. The smallest absolute Gasteiger partial charge is 0.231 e. The van der Waals surface area contributed by atoms with Crippen LogP contribution in [0, 0.1) is 12.8 Å². The molecule has 2 aromatic carbocycles. The standard InChI is InChI=1S/C24H27N3O4/c1-17-2-5-20(6-3-17)27-15-19(13-23(27)28)24(29)26-10-8-25(9-11-26)14-18-4-7-21-22(12-18)31-16-30-21/h2-7,12,19H,8-11,13-16H2,1H3/t19-/m1/s1. The Hall–Kier alpha value is -3.06. The van der Waals surface area contributed by atoms with E-state index in [9.17, 15) is 9.59 Å². The summed E-state index contributed by atoms with van der Waals surface area (Å²) >= 11 is 0. The Kier molecular flexibility index (Phi) is 5.28. The molecule has 31 heavy (non-hydrogen) atoms. The van der Waals surface area contributed by atoms with Crippen molar-refractivity contribution in [1.29, 1.82) is 0 Å². The average molecular weight is 421 g/mol. The highest BCUT2D eigenvalue weighted by atomic mass is 16.7. The fourth-order valence-corrected chi connectivity index (χ4v) is 4.53. The molecule has 0 radical (unpaired) electrons. The quantitative estimate of drug-likeness (QED) is 0.759. The van der Waals surface area contributed by atoms with Crippen LogP contribution < -0.4 is 14.4 Å². The lowest BCUT2D eigenvalue weighted by atomic mass is 10.1. The number of rotatable bonds is 4. The second kappa shape index (κ2) is 8.23. The molecule has 3 aliphatic heterocycles. The fraction of sp³-hybridized carbons (Fsp3) is 0.417. The Morgan fingerprint density at radius 1 is 1.00 bits per heavy atom. The first-order chi connectivity index (χ1) is 15.1. The first-order valence-electron chi connectivity index (χ1n) is 10.8. The van der Waals surface area contributed by atoms with Crippen molar-refractivity contribution in [1.82, 2.24) is 9.80 Å². The van der Waals surface area contributed by atoms with E-state index in [0.29, 0.717) is 26.1 Å². The molecule has 0 aliphatic carbocycles. The van der Waals surface area contributed by atoms with E-state index in [-0.39, 0.29) is 24.5 Å². The van der Waals surface area contributed by atoms with Crippen LogP contribution in [0.4, 0.5) is 5.69 Å². The second-order valence-corrected chi connectivity index (χ2v) is 8.53.